The van der Waals surface area contributed by atoms with E-state index in [1.165, 1.54) is 43.4 Å². The second-order valence-corrected chi connectivity index (χ2v) is 7.92. The minimum atomic E-state index is 1.09. The Bertz CT molecular complexity index is 1510. The predicted molar refractivity (Wildman–Crippen MR) is 134 cm³/mol. The van der Waals surface area contributed by atoms with Crippen molar-refractivity contribution in [3.63, 3.8) is 0 Å². The fourth-order valence-electron chi connectivity index (χ4n) is 4.55. The van der Waals surface area contributed by atoms with Crippen LogP contribution in [-0.2, 0) is 0 Å². The van der Waals surface area contributed by atoms with E-state index >= 15 is 0 Å². The Balaban J connectivity index is 1.53. The Morgan fingerprint density at radius 1 is 0.323 bits per heavy atom. The molecule has 1 N–H and O–H groups in total. The molecule has 1 nitrogen and oxygen atoms in total. The minimum absolute atomic E-state index is 1.09. The number of fused-ring (bicyclic) bond motifs is 6. The molecule has 0 unspecified atom stereocenters. The van der Waals surface area contributed by atoms with Crippen molar-refractivity contribution in [2.24, 2.45) is 0 Å². The molecule has 0 aliphatic carbocycles. The summed E-state index contributed by atoms with van der Waals surface area (Å²) < 4.78 is 0. The summed E-state index contributed by atoms with van der Waals surface area (Å²) in [6.45, 7) is 0. The van der Waals surface area contributed by atoms with Crippen LogP contribution in [-0.4, -0.2) is 0 Å². The van der Waals surface area contributed by atoms with E-state index in [4.69, 9.17) is 0 Å². The van der Waals surface area contributed by atoms with Gasteiger partial charge in [0.1, 0.15) is 0 Å². The molecule has 6 aromatic carbocycles. The van der Waals surface area contributed by atoms with Gasteiger partial charge in [0.25, 0.3) is 0 Å². The van der Waals surface area contributed by atoms with Gasteiger partial charge < -0.3 is 5.32 Å². The molecule has 6 aromatic rings. The van der Waals surface area contributed by atoms with Gasteiger partial charge in [-0.1, -0.05) is 91.0 Å². The summed E-state index contributed by atoms with van der Waals surface area (Å²) in [6, 6.07) is 43.2. The maximum atomic E-state index is 3.51. The molecule has 0 atom stereocenters. The predicted octanol–water partition coefficient (Wildman–Crippen LogP) is 8.56. The van der Waals surface area contributed by atoms with E-state index in [0.29, 0.717) is 0 Å². The Morgan fingerprint density at radius 3 is 1.52 bits per heavy atom. The van der Waals surface area contributed by atoms with Crippen molar-refractivity contribution < 1.29 is 0 Å². The van der Waals surface area contributed by atoms with E-state index in [9.17, 15) is 0 Å². The van der Waals surface area contributed by atoms with Crippen LogP contribution in [0.3, 0.4) is 0 Å². The molecule has 0 saturated carbocycles. The van der Waals surface area contributed by atoms with Gasteiger partial charge in [-0.15, -0.1) is 0 Å². The summed E-state index contributed by atoms with van der Waals surface area (Å²) in [5, 5.41) is 11.3. The van der Waals surface area contributed by atoms with E-state index in [2.05, 4.69) is 108 Å². The minimum Gasteiger partial charge on any atom is -0.356 e. The normalized spacial score (nSPS) is 11.2. The van der Waals surface area contributed by atoms with Crippen LogP contribution in [0.5, 0.6) is 0 Å². The van der Waals surface area contributed by atoms with Gasteiger partial charge in [0, 0.05) is 11.4 Å². The molecule has 0 spiro atoms. The van der Waals surface area contributed by atoms with Crippen molar-refractivity contribution >= 4 is 43.7 Å². The first-order chi connectivity index (χ1) is 15.4. The Labute approximate surface area is 181 Å². The quantitative estimate of drug-likeness (QED) is 0.296. The van der Waals surface area contributed by atoms with Crippen molar-refractivity contribution in [3.8, 4) is 11.1 Å². The van der Waals surface area contributed by atoms with E-state index in [1.54, 1.807) is 0 Å². The van der Waals surface area contributed by atoms with Crippen LogP contribution in [0.1, 0.15) is 0 Å². The third-order valence-corrected chi connectivity index (χ3v) is 6.00. The molecule has 0 aliphatic heterocycles. The summed E-state index contributed by atoms with van der Waals surface area (Å²) in [6.07, 6.45) is 0. The molecular weight excluding hydrogens is 374 g/mol. The van der Waals surface area contributed by atoms with Crippen molar-refractivity contribution in [1.29, 1.82) is 0 Å². The van der Waals surface area contributed by atoms with Crippen LogP contribution in [0.25, 0.3) is 43.4 Å². The lowest BCUT2D eigenvalue weighted by atomic mass is 9.92. The molecule has 6 rings (SSSR count). The molecule has 0 amide bonds. The van der Waals surface area contributed by atoms with Gasteiger partial charge in [0.05, 0.1) is 0 Å². The lowest BCUT2D eigenvalue weighted by Crippen LogP contribution is -1.90. The van der Waals surface area contributed by atoms with Gasteiger partial charge >= 0.3 is 0 Å². The highest BCUT2D eigenvalue weighted by Gasteiger charge is 2.09. The maximum absolute atomic E-state index is 3.51. The topological polar surface area (TPSA) is 12.0 Å². The maximum Gasteiger partial charge on any atom is 0.0390 e. The summed E-state index contributed by atoms with van der Waals surface area (Å²) in [4.78, 5) is 0. The number of hydrogen-bond donors (Lipinski definition) is 1. The Kier molecular flexibility index (Phi) is 4.18. The first kappa shape index (κ1) is 17.7. The van der Waals surface area contributed by atoms with Crippen LogP contribution < -0.4 is 5.32 Å². The monoisotopic (exact) mass is 395 g/mol. The molecule has 0 heterocycles. The molecule has 1 heteroatoms. The van der Waals surface area contributed by atoms with Gasteiger partial charge in [0.15, 0.2) is 0 Å². The van der Waals surface area contributed by atoms with Gasteiger partial charge in [-0.05, 0) is 73.8 Å². The highest BCUT2D eigenvalue weighted by molar-refractivity contribution is 6.25. The van der Waals surface area contributed by atoms with Gasteiger partial charge in [-0.3, -0.25) is 0 Å². The average molecular weight is 396 g/mol. The summed E-state index contributed by atoms with van der Waals surface area (Å²) in [7, 11) is 0. The fourth-order valence-corrected chi connectivity index (χ4v) is 4.55. The molecule has 0 fully saturated rings. The SMILES string of the molecule is c1ccc(Nc2cccc(-c3ccc4c5ccccc5c5ccccc5c4c3)c2)cc1. The van der Waals surface area contributed by atoms with E-state index in [0.717, 1.165) is 11.4 Å². The van der Waals surface area contributed by atoms with E-state index < -0.39 is 0 Å². The molecule has 146 valence electrons. The number of benzene rings is 6. The lowest BCUT2D eigenvalue weighted by molar-refractivity contribution is 1.54. The van der Waals surface area contributed by atoms with Crippen molar-refractivity contribution in [2.45, 2.75) is 0 Å². The zero-order valence-corrected chi connectivity index (χ0v) is 17.0. The third kappa shape index (κ3) is 3.12. The molecular formula is C30H21N. The van der Waals surface area contributed by atoms with Crippen LogP contribution in [0.15, 0.2) is 121 Å². The fraction of sp³-hybridized carbons (Fsp3) is 0. The lowest BCUT2D eigenvalue weighted by Gasteiger charge is -2.13. The number of anilines is 2. The van der Waals surface area contributed by atoms with Gasteiger partial charge in [-0.25, -0.2) is 0 Å². The Morgan fingerprint density at radius 2 is 0.839 bits per heavy atom. The second-order valence-electron chi connectivity index (χ2n) is 7.92. The molecule has 0 radical (unpaired) electrons. The third-order valence-electron chi connectivity index (χ3n) is 6.00. The summed E-state index contributed by atoms with van der Waals surface area (Å²) in [5.74, 6) is 0. The molecule has 0 aliphatic rings. The van der Waals surface area contributed by atoms with Crippen molar-refractivity contribution in [1.82, 2.24) is 0 Å². The number of hydrogen-bond acceptors (Lipinski definition) is 1. The van der Waals surface area contributed by atoms with Crippen molar-refractivity contribution in [3.05, 3.63) is 121 Å². The van der Waals surface area contributed by atoms with Gasteiger partial charge in [0.2, 0.25) is 0 Å². The molecule has 0 bridgehead atoms. The summed E-state index contributed by atoms with van der Waals surface area (Å²) >= 11 is 0. The summed E-state index contributed by atoms with van der Waals surface area (Å²) in [5.41, 5.74) is 4.62. The van der Waals surface area contributed by atoms with Crippen molar-refractivity contribution in [2.75, 3.05) is 5.32 Å². The van der Waals surface area contributed by atoms with E-state index in [1.807, 2.05) is 18.2 Å². The smallest absolute Gasteiger partial charge is 0.0390 e. The zero-order valence-electron chi connectivity index (χ0n) is 17.0. The van der Waals surface area contributed by atoms with Crippen LogP contribution in [0, 0.1) is 0 Å². The number of rotatable bonds is 3. The first-order valence-corrected chi connectivity index (χ1v) is 10.6. The standard InChI is InChI=1S/C30H21N/c1-2-10-23(11-3-1)31-24-12-8-9-21(19-24)22-17-18-29-27-15-5-4-13-25(27)26-14-6-7-16-28(26)30(29)20-22/h1-20,31H. The van der Waals surface area contributed by atoms with Gasteiger partial charge in [-0.2, -0.15) is 0 Å². The zero-order chi connectivity index (χ0) is 20.6. The van der Waals surface area contributed by atoms with Crippen LogP contribution in [0.4, 0.5) is 11.4 Å². The Hall–Kier alpha value is -4.10. The molecule has 0 saturated heterocycles. The van der Waals surface area contributed by atoms with E-state index in [-0.39, 0.29) is 0 Å². The average Bonchev–Trinajstić information content (AvgIpc) is 2.85. The number of nitrogens with one attached hydrogen (secondary N) is 1. The number of para-hydroxylation sites is 1. The largest absolute Gasteiger partial charge is 0.356 e. The molecule has 0 aromatic heterocycles. The highest BCUT2D eigenvalue weighted by Crippen LogP contribution is 2.37. The first-order valence-electron chi connectivity index (χ1n) is 10.6. The highest BCUT2D eigenvalue weighted by atomic mass is 14.9. The second kappa shape index (κ2) is 7.30. The van der Waals surface area contributed by atoms with Crippen LogP contribution in [0.2, 0.25) is 0 Å². The van der Waals surface area contributed by atoms with Crippen LogP contribution >= 0.6 is 0 Å². The molecule has 31 heavy (non-hydrogen) atoms.